The summed E-state index contributed by atoms with van der Waals surface area (Å²) in [7, 11) is 1.26. The van der Waals surface area contributed by atoms with Crippen molar-refractivity contribution >= 4 is 52.0 Å². The van der Waals surface area contributed by atoms with Crippen LogP contribution in [0.3, 0.4) is 0 Å². The molecule has 9 atom stereocenters. The number of esters is 1. The lowest BCUT2D eigenvalue weighted by molar-refractivity contribution is -0.143. The van der Waals surface area contributed by atoms with Crippen LogP contribution in [0.5, 0.6) is 0 Å². The number of rotatable bonds is 13. The molecule has 0 aromatic carbocycles. The monoisotopic (exact) mass is 734 g/mol. The van der Waals surface area contributed by atoms with E-state index in [-0.39, 0.29) is 54.6 Å². The minimum Gasteiger partial charge on any atom is -0.467 e. The fraction of sp³-hybridized carbons (Fsp3) is 0.629. The van der Waals surface area contributed by atoms with Crippen LogP contribution in [0.1, 0.15) is 86.1 Å². The molecule has 4 aromatic heterocycles. The van der Waals surface area contributed by atoms with Crippen LogP contribution in [0.4, 0.5) is 21.2 Å². The molecule has 0 radical (unpaired) electrons. The second kappa shape index (κ2) is 16.4. The molecule has 18 heteroatoms. The van der Waals surface area contributed by atoms with E-state index in [9.17, 15) is 14.4 Å². The number of aromatic nitrogens is 8. The quantitative estimate of drug-likeness (QED) is 0.108. The Morgan fingerprint density at radius 1 is 0.736 bits per heavy atom. The van der Waals surface area contributed by atoms with Gasteiger partial charge in [0, 0.05) is 18.4 Å². The van der Waals surface area contributed by atoms with Gasteiger partial charge in [-0.2, -0.15) is 0 Å². The van der Waals surface area contributed by atoms with Gasteiger partial charge in [-0.25, -0.2) is 44.3 Å². The summed E-state index contributed by atoms with van der Waals surface area (Å²) in [6, 6.07) is -2.04. The molecule has 0 bridgehead atoms. The van der Waals surface area contributed by atoms with Gasteiger partial charge in [0.05, 0.1) is 32.0 Å². The third-order valence-corrected chi connectivity index (χ3v) is 10.9. The van der Waals surface area contributed by atoms with Gasteiger partial charge in [-0.3, -0.25) is 19.8 Å². The smallest absolute Gasteiger partial charge is 0.328 e. The number of urea groups is 2. The molecule has 2 fully saturated rings. The van der Waals surface area contributed by atoms with E-state index in [0.717, 1.165) is 12.8 Å². The van der Waals surface area contributed by atoms with Crippen molar-refractivity contribution in [2.75, 3.05) is 24.3 Å². The number of anilines is 2. The molecular formula is C35H50N12O6. The lowest BCUT2D eigenvalue weighted by Gasteiger charge is -2.18. The molecule has 2 saturated heterocycles. The van der Waals surface area contributed by atoms with Gasteiger partial charge in [-0.05, 0) is 43.9 Å². The summed E-state index contributed by atoms with van der Waals surface area (Å²) in [4.78, 5) is 64.7. The molecule has 4 amide bonds. The first-order chi connectivity index (χ1) is 25.6. The number of carbonyl (C=O) groups is 3. The minimum atomic E-state index is -0.935. The average molecular weight is 735 g/mol. The average Bonchev–Trinajstić information content (AvgIpc) is 3.92. The van der Waals surface area contributed by atoms with Crippen molar-refractivity contribution in [2.45, 2.75) is 104 Å². The summed E-state index contributed by atoms with van der Waals surface area (Å²) in [5.41, 5.74) is 1.97. The maximum absolute atomic E-state index is 13.1. The van der Waals surface area contributed by atoms with E-state index < -0.39 is 24.1 Å². The van der Waals surface area contributed by atoms with Crippen LogP contribution in [-0.4, -0.2) is 89.0 Å². The van der Waals surface area contributed by atoms with Crippen LogP contribution in [0, 0.1) is 23.7 Å². The zero-order valence-corrected chi connectivity index (χ0v) is 31.3. The lowest BCUT2D eigenvalue weighted by atomic mass is 9.91. The Morgan fingerprint density at radius 3 is 1.72 bits per heavy atom. The van der Waals surface area contributed by atoms with Crippen molar-refractivity contribution in [1.29, 1.82) is 0 Å². The number of ether oxygens (including phenoxy) is 3. The third-order valence-electron chi connectivity index (χ3n) is 10.9. The van der Waals surface area contributed by atoms with Crippen LogP contribution < -0.4 is 21.3 Å². The highest BCUT2D eigenvalue weighted by molar-refractivity contribution is 5.97. The Bertz CT molecular complexity index is 1920. The summed E-state index contributed by atoms with van der Waals surface area (Å²) in [5, 5.41) is 10.9. The minimum absolute atomic E-state index is 0.132. The number of methoxy groups -OCH3 is 1. The molecule has 0 saturated carbocycles. The first kappa shape index (κ1) is 37.8. The molecule has 6 rings (SSSR count). The fourth-order valence-corrected chi connectivity index (χ4v) is 7.40. The second-order valence-corrected chi connectivity index (χ2v) is 14.0. The topological polar surface area (TPSA) is 214 Å². The lowest BCUT2D eigenvalue weighted by Crippen LogP contribution is -2.43. The molecule has 0 aliphatic carbocycles. The molecule has 4 aromatic rings. The normalized spacial score (nSPS) is 26.1. The van der Waals surface area contributed by atoms with Crippen molar-refractivity contribution in [3.63, 3.8) is 0 Å². The largest absolute Gasteiger partial charge is 0.467 e. The number of amides is 4. The Balaban J connectivity index is 0.992. The standard InChI is InChI=1S/C35H50N12O6/c1-8-23-18(3)20(5)31(52-23)46-16-41-25-27(37-14-39-29(25)46)44-34(49)36-13-11-10-12-22(33(48)51-7)43-35(50)45-28-26-30(40-15-38-28)47(17-42-26)32-21(6)19(4)24(9-2)53-32/h14-24,31-32H,8-13H2,1-7H3,(H2,36,37,39,44,49)(H2,38,40,43,45,50). The van der Waals surface area contributed by atoms with E-state index in [1.54, 1.807) is 12.7 Å². The summed E-state index contributed by atoms with van der Waals surface area (Å²) in [6.45, 7) is 13.2. The summed E-state index contributed by atoms with van der Waals surface area (Å²) < 4.78 is 21.3. The molecule has 6 heterocycles. The Hall–Kier alpha value is -4.97. The van der Waals surface area contributed by atoms with Crippen molar-refractivity contribution in [2.24, 2.45) is 23.7 Å². The van der Waals surface area contributed by atoms with Gasteiger partial charge in [0.25, 0.3) is 0 Å². The number of nitrogens with one attached hydrogen (secondary N) is 4. The molecule has 0 spiro atoms. The second-order valence-electron chi connectivity index (χ2n) is 14.0. The molecule has 53 heavy (non-hydrogen) atoms. The molecule has 286 valence electrons. The Labute approximate surface area is 307 Å². The molecule has 4 N–H and O–H groups in total. The SMILES string of the molecule is CCC1OC(n2cnc3c(NC(=O)NCCCCC(NC(=O)Nc4ncnc5c4ncn5C4OC(CC)C(C)C4C)C(=O)OC)ncnc32)C(C)C1C. The van der Waals surface area contributed by atoms with E-state index >= 15 is 0 Å². The van der Waals surface area contributed by atoms with E-state index in [4.69, 9.17) is 14.2 Å². The van der Waals surface area contributed by atoms with E-state index in [1.807, 2.05) is 9.13 Å². The first-order valence-electron chi connectivity index (χ1n) is 18.4. The van der Waals surface area contributed by atoms with Crippen molar-refractivity contribution in [3.8, 4) is 0 Å². The van der Waals surface area contributed by atoms with Crippen LogP contribution in [0.2, 0.25) is 0 Å². The van der Waals surface area contributed by atoms with Gasteiger partial charge in [0.15, 0.2) is 34.0 Å². The number of nitrogens with zero attached hydrogens (tertiary/aromatic N) is 8. The predicted octanol–water partition coefficient (Wildman–Crippen LogP) is 4.78. The van der Waals surface area contributed by atoms with E-state index in [2.05, 4.69) is 92.7 Å². The fourth-order valence-electron chi connectivity index (χ4n) is 7.40. The van der Waals surface area contributed by atoms with Crippen molar-refractivity contribution in [1.82, 2.24) is 49.7 Å². The van der Waals surface area contributed by atoms with Crippen LogP contribution in [0.15, 0.2) is 25.3 Å². The number of fused-ring (bicyclic) bond motifs is 2. The molecule has 9 unspecified atom stereocenters. The van der Waals surface area contributed by atoms with Gasteiger partial charge in [-0.15, -0.1) is 0 Å². The van der Waals surface area contributed by atoms with Crippen LogP contribution in [-0.2, 0) is 19.0 Å². The highest BCUT2D eigenvalue weighted by Gasteiger charge is 2.41. The van der Waals surface area contributed by atoms with Crippen LogP contribution in [0.25, 0.3) is 22.3 Å². The summed E-state index contributed by atoms with van der Waals surface area (Å²) in [6.07, 6.45) is 9.01. The van der Waals surface area contributed by atoms with E-state index in [1.165, 1.54) is 19.8 Å². The van der Waals surface area contributed by atoms with Crippen molar-refractivity contribution < 1.29 is 28.6 Å². The van der Waals surface area contributed by atoms with Gasteiger partial charge in [0.2, 0.25) is 0 Å². The molecule has 2 aliphatic heterocycles. The van der Waals surface area contributed by atoms with Gasteiger partial charge in [-0.1, -0.05) is 41.5 Å². The number of imidazole rings is 2. The number of hydrogen-bond donors (Lipinski definition) is 4. The van der Waals surface area contributed by atoms with Gasteiger partial charge < -0.3 is 24.8 Å². The molecular weight excluding hydrogens is 684 g/mol. The van der Waals surface area contributed by atoms with E-state index in [0.29, 0.717) is 53.5 Å². The maximum Gasteiger partial charge on any atom is 0.328 e. The molecule has 2 aliphatic rings. The van der Waals surface area contributed by atoms with Crippen LogP contribution >= 0.6 is 0 Å². The number of carbonyl (C=O) groups excluding carboxylic acids is 3. The van der Waals surface area contributed by atoms with Gasteiger partial charge >= 0.3 is 18.0 Å². The summed E-state index contributed by atoms with van der Waals surface area (Å²) >= 11 is 0. The Morgan fingerprint density at radius 2 is 1.25 bits per heavy atom. The third kappa shape index (κ3) is 7.74. The maximum atomic E-state index is 13.1. The Kier molecular flexibility index (Phi) is 11.7. The van der Waals surface area contributed by atoms with Gasteiger partial charge in [0.1, 0.15) is 31.2 Å². The first-order valence-corrected chi connectivity index (χ1v) is 18.4. The number of hydrogen-bond acceptors (Lipinski definition) is 12. The summed E-state index contributed by atoms with van der Waals surface area (Å²) in [5.74, 6) is 1.12. The zero-order valence-electron chi connectivity index (χ0n) is 31.3. The highest BCUT2D eigenvalue weighted by Crippen LogP contribution is 2.42. The van der Waals surface area contributed by atoms with Crippen molar-refractivity contribution in [3.05, 3.63) is 25.3 Å². The zero-order chi connectivity index (χ0) is 37.8. The highest BCUT2D eigenvalue weighted by atomic mass is 16.5. The predicted molar refractivity (Wildman–Crippen MR) is 195 cm³/mol. The number of unbranched alkanes of at least 4 members (excludes halogenated alkanes) is 1. The molecule has 18 nitrogen and oxygen atoms in total.